The van der Waals surface area contributed by atoms with Crippen molar-refractivity contribution in [2.24, 2.45) is 0 Å². The zero-order valence-electron chi connectivity index (χ0n) is 11.3. The van der Waals surface area contributed by atoms with Crippen LogP contribution in [0.5, 0.6) is 5.75 Å². The van der Waals surface area contributed by atoms with E-state index in [0.717, 1.165) is 29.9 Å². The van der Waals surface area contributed by atoms with Crippen molar-refractivity contribution in [1.29, 1.82) is 0 Å². The van der Waals surface area contributed by atoms with Crippen LogP contribution in [0.25, 0.3) is 0 Å². The predicted octanol–water partition coefficient (Wildman–Crippen LogP) is 2.17. The summed E-state index contributed by atoms with van der Waals surface area (Å²) in [6.07, 6.45) is 0.669. The Labute approximate surface area is 128 Å². The molecular weight excluding hydrogens is 330 g/mol. The van der Waals surface area contributed by atoms with Crippen molar-refractivity contribution in [3.8, 4) is 5.75 Å². The minimum atomic E-state index is 0.334. The van der Waals surface area contributed by atoms with Crippen molar-refractivity contribution in [2.75, 3.05) is 26.2 Å². The van der Waals surface area contributed by atoms with Crippen LogP contribution in [0, 0.1) is 0 Å². The lowest BCUT2D eigenvalue weighted by molar-refractivity contribution is -0.915. The second-order valence-electron chi connectivity index (χ2n) is 5.09. The summed E-state index contributed by atoms with van der Waals surface area (Å²) < 4.78 is 12.4. The average Bonchev–Trinajstić information content (AvgIpc) is 2.30. The Bertz CT molecular complexity index is 420. The summed E-state index contributed by atoms with van der Waals surface area (Å²) in [4.78, 5) is 1.54. The summed E-state index contributed by atoms with van der Waals surface area (Å²) in [7, 11) is 0. The number of rotatable bonds is 4. The minimum Gasteiger partial charge on any atom is -0.487 e. The Kier molecular flexibility index (Phi) is 5.51. The van der Waals surface area contributed by atoms with Gasteiger partial charge in [-0.05, 0) is 48.0 Å². The quantitative estimate of drug-likeness (QED) is 0.900. The van der Waals surface area contributed by atoms with Gasteiger partial charge in [0.25, 0.3) is 0 Å². The molecule has 0 aliphatic carbocycles. The second kappa shape index (κ2) is 6.93. The number of benzene rings is 1. The molecule has 1 fully saturated rings. The van der Waals surface area contributed by atoms with Gasteiger partial charge in [0.1, 0.15) is 44.2 Å². The van der Waals surface area contributed by atoms with Crippen LogP contribution < -0.4 is 9.64 Å². The van der Waals surface area contributed by atoms with E-state index in [-0.39, 0.29) is 0 Å². The number of halogens is 2. The van der Waals surface area contributed by atoms with Crippen molar-refractivity contribution in [1.82, 2.24) is 0 Å². The third-order valence-electron chi connectivity index (χ3n) is 3.22. The molecule has 5 heteroatoms. The zero-order chi connectivity index (χ0) is 13.8. The Morgan fingerprint density at radius 2 is 2.05 bits per heavy atom. The van der Waals surface area contributed by atoms with E-state index in [2.05, 4.69) is 29.8 Å². The van der Waals surface area contributed by atoms with Gasteiger partial charge in [-0.15, -0.1) is 0 Å². The van der Waals surface area contributed by atoms with Gasteiger partial charge >= 0.3 is 0 Å². The summed E-state index contributed by atoms with van der Waals surface area (Å²) in [6.45, 7) is 8.06. The third kappa shape index (κ3) is 4.63. The number of morpholine rings is 1. The molecule has 0 bridgehead atoms. The van der Waals surface area contributed by atoms with Gasteiger partial charge < -0.3 is 14.4 Å². The fourth-order valence-corrected chi connectivity index (χ4v) is 3.29. The van der Waals surface area contributed by atoms with Gasteiger partial charge in [-0.3, -0.25) is 0 Å². The van der Waals surface area contributed by atoms with E-state index in [0.29, 0.717) is 23.8 Å². The number of nitrogens with one attached hydrogen (secondary N) is 1. The molecular formula is C14H20BrClNO2+. The molecule has 1 aromatic rings. The Balaban J connectivity index is 1.80. The van der Waals surface area contributed by atoms with E-state index < -0.39 is 0 Å². The maximum atomic E-state index is 5.90. The Morgan fingerprint density at radius 3 is 2.68 bits per heavy atom. The van der Waals surface area contributed by atoms with E-state index in [1.807, 2.05) is 18.2 Å². The molecule has 2 rings (SSSR count). The number of quaternary nitrogens is 1. The highest BCUT2D eigenvalue weighted by molar-refractivity contribution is 9.10. The van der Waals surface area contributed by atoms with Gasteiger partial charge in [0.2, 0.25) is 0 Å². The monoisotopic (exact) mass is 348 g/mol. The smallest absolute Gasteiger partial charge is 0.137 e. The first-order valence-corrected chi connectivity index (χ1v) is 7.78. The van der Waals surface area contributed by atoms with Crippen molar-refractivity contribution in [2.45, 2.75) is 26.1 Å². The van der Waals surface area contributed by atoms with Crippen LogP contribution in [0.15, 0.2) is 22.7 Å². The Hall–Kier alpha value is -0.290. The Morgan fingerprint density at radius 1 is 1.37 bits per heavy atom. The summed E-state index contributed by atoms with van der Waals surface area (Å²) in [5.41, 5.74) is 0. The molecule has 0 aromatic heterocycles. The molecule has 2 atom stereocenters. The molecule has 0 radical (unpaired) electrons. The highest BCUT2D eigenvalue weighted by Crippen LogP contribution is 2.27. The molecule has 0 spiro atoms. The van der Waals surface area contributed by atoms with E-state index in [4.69, 9.17) is 21.1 Å². The fourth-order valence-electron chi connectivity index (χ4n) is 2.49. The first kappa shape index (κ1) is 15.1. The van der Waals surface area contributed by atoms with Gasteiger partial charge in [0.05, 0.1) is 4.47 Å². The first-order valence-electron chi connectivity index (χ1n) is 6.61. The van der Waals surface area contributed by atoms with Crippen LogP contribution in [0.3, 0.4) is 0 Å². The molecule has 106 valence electrons. The summed E-state index contributed by atoms with van der Waals surface area (Å²) in [5, 5.41) is 0.709. The van der Waals surface area contributed by atoms with E-state index >= 15 is 0 Å². The van der Waals surface area contributed by atoms with Crippen LogP contribution in [0.1, 0.15) is 13.8 Å². The maximum absolute atomic E-state index is 5.90. The van der Waals surface area contributed by atoms with Gasteiger partial charge in [-0.2, -0.15) is 0 Å². The predicted molar refractivity (Wildman–Crippen MR) is 80.2 cm³/mol. The standard InChI is InChI=1S/C14H19BrClNO2/c1-10-8-17(9-11(2)19-10)5-6-18-14-4-3-12(16)7-13(14)15/h3-4,7,10-11H,5-6,8-9H2,1-2H3/p+1/t10-,11-/m0/s1. The van der Waals surface area contributed by atoms with Crippen molar-refractivity contribution in [3.05, 3.63) is 27.7 Å². The molecule has 1 N–H and O–H groups in total. The SMILES string of the molecule is C[C@H]1C[NH+](CCOc2ccc(Cl)cc2Br)C[C@H](C)O1. The summed E-state index contributed by atoms with van der Waals surface area (Å²) in [5.74, 6) is 0.846. The minimum absolute atomic E-state index is 0.334. The molecule has 0 amide bonds. The van der Waals surface area contributed by atoms with Gasteiger partial charge in [-0.25, -0.2) is 0 Å². The molecule has 19 heavy (non-hydrogen) atoms. The van der Waals surface area contributed by atoms with E-state index in [9.17, 15) is 0 Å². The lowest BCUT2D eigenvalue weighted by Gasteiger charge is -2.32. The number of ether oxygens (including phenoxy) is 2. The lowest BCUT2D eigenvalue weighted by Crippen LogP contribution is -3.16. The highest BCUT2D eigenvalue weighted by Gasteiger charge is 2.25. The van der Waals surface area contributed by atoms with Crippen LogP contribution in [-0.4, -0.2) is 38.4 Å². The van der Waals surface area contributed by atoms with Crippen LogP contribution in [0.4, 0.5) is 0 Å². The largest absolute Gasteiger partial charge is 0.487 e. The number of hydrogen-bond acceptors (Lipinski definition) is 2. The molecule has 1 saturated heterocycles. The third-order valence-corrected chi connectivity index (χ3v) is 4.08. The first-order chi connectivity index (χ1) is 9.04. The van der Waals surface area contributed by atoms with E-state index in [1.54, 1.807) is 0 Å². The van der Waals surface area contributed by atoms with Gasteiger partial charge in [-0.1, -0.05) is 11.6 Å². The summed E-state index contributed by atoms with van der Waals surface area (Å²) >= 11 is 9.36. The molecule has 1 aliphatic rings. The lowest BCUT2D eigenvalue weighted by atomic mass is 10.2. The van der Waals surface area contributed by atoms with Crippen molar-refractivity contribution < 1.29 is 14.4 Å². The van der Waals surface area contributed by atoms with Crippen LogP contribution >= 0.6 is 27.5 Å². The molecule has 1 aliphatic heterocycles. The van der Waals surface area contributed by atoms with Gasteiger partial charge in [0.15, 0.2) is 0 Å². The maximum Gasteiger partial charge on any atom is 0.137 e. The van der Waals surface area contributed by atoms with Crippen molar-refractivity contribution in [3.63, 3.8) is 0 Å². The second-order valence-corrected chi connectivity index (χ2v) is 6.38. The van der Waals surface area contributed by atoms with Gasteiger partial charge in [0, 0.05) is 5.02 Å². The average molecular weight is 350 g/mol. The molecule has 1 aromatic carbocycles. The van der Waals surface area contributed by atoms with Crippen LogP contribution in [-0.2, 0) is 4.74 Å². The van der Waals surface area contributed by atoms with E-state index in [1.165, 1.54) is 4.90 Å². The van der Waals surface area contributed by atoms with Crippen LogP contribution in [0.2, 0.25) is 5.02 Å². The number of hydrogen-bond donors (Lipinski definition) is 1. The topological polar surface area (TPSA) is 22.9 Å². The fraction of sp³-hybridized carbons (Fsp3) is 0.571. The highest BCUT2D eigenvalue weighted by atomic mass is 79.9. The molecule has 3 nitrogen and oxygen atoms in total. The zero-order valence-corrected chi connectivity index (χ0v) is 13.6. The van der Waals surface area contributed by atoms with Crippen molar-refractivity contribution >= 4 is 27.5 Å². The summed E-state index contributed by atoms with van der Waals surface area (Å²) in [6, 6.07) is 5.59. The molecule has 1 heterocycles. The molecule has 0 saturated carbocycles. The molecule has 0 unspecified atom stereocenters. The normalized spacial score (nSPS) is 27.3.